The molecule has 5 rings (SSSR count). The van der Waals surface area contributed by atoms with Gasteiger partial charge in [0.15, 0.2) is 0 Å². The second kappa shape index (κ2) is 7.30. The molecule has 1 aromatic heterocycles. The summed E-state index contributed by atoms with van der Waals surface area (Å²) in [5.74, 6) is -0.816. The first kappa shape index (κ1) is 20.9. The summed E-state index contributed by atoms with van der Waals surface area (Å²) >= 11 is 0. The van der Waals surface area contributed by atoms with Gasteiger partial charge in [-0.05, 0) is 35.7 Å². The topological polar surface area (TPSA) is 97.2 Å². The summed E-state index contributed by atoms with van der Waals surface area (Å²) in [7, 11) is -4.01. The lowest BCUT2D eigenvalue weighted by molar-refractivity contribution is -0.137. The Hall–Kier alpha value is -3.93. The summed E-state index contributed by atoms with van der Waals surface area (Å²) < 4.78 is 68.0. The maximum absolute atomic E-state index is 13.3. The molecule has 33 heavy (non-hydrogen) atoms. The van der Waals surface area contributed by atoms with Gasteiger partial charge in [-0.3, -0.25) is 9.10 Å². The first-order chi connectivity index (χ1) is 15.7. The summed E-state index contributed by atoms with van der Waals surface area (Å²) in [5.41, 5.74) is -0.692. The van der Waals surface area contributed by atoms with Crippen molar-refractivity contribution in [1.29, 1.82) is 0 Å². The van der Waals surface area contributed by atoms with Gasteiger partial charge in [-0.2, -0.15) is 18.3 Å². The van der Waals surface area contributed by atoms with E-state index in [1.54, 1.807) is 30.3 Å². The highest BCUT2D eigenvalue weighted by atomic mass is 32.2. The zero-order valence-electron chi connectivity index (χ0n) is 16.6. The minimum atomic E-state index is -4.64. The predicted molar refractivity (Wildman–Crippen MR) is 113 cm³/mol. The Labute approximate surface area is 185 Å². The van der Waals surface area contributed by atoms with E-state index in [-0.39, 0.29) is 16.3 Å². The lowest BCUT2D eigenvalue weighted by Crippen LogP contribution is -2.35. The molecule has 1 N–H and O–H groups in total. The van der Waals surface area contributed by atoms with Gasteiger partial charge in [-0.25, -0.2) is 18.1 Å². The van der Waals surface area contributed by atoms with Crippen LogP contribution in [0.1, 0.15) is 5.56 Å². The van der Waals surface area contributed by atoms with E-state index in [0.717, 1.165) is 22.5 Å². The number of sulfonamides is 1. The van der Waals surface area contributed by atoms with E-state index in [9.17, 15) is 26.4 Å². The fourth-order valence-corrected chi connectivity index (χ4v) is 5.46. The van der Waals surface area contributed by atoms with Crippen molar-refractivity contribution in [3.8, 4) is 5.69 Å². The van der Waals surface area contributed by atoms with Gasteiger partial charge in [0.05, 0.1) is 27.5 Å². The van der Waals surface area contributed by atoms with Crippen LogP contribution in [0.15, 0.2) is 72.1 Å². The van der Waals surface area contributed by atoms with Crippen LogP contribution in [-0.2, 0) is 21.0 Å². The third kappa shape index (κ3) is 3.48. The Kier molecular flexibility index (Phi) is 4.64. The van der Waals surface area contributed by atoms with Gasteiger partial charge in [0.2, 0.25) is 5.91 Å². The number of nitrogens with one attached hydrogen (secondary N) is 1. The molecule has 0 bridgehead atoms. The number of aromatic nitrogens is 3. The van der Waals surface area contributed by atoms with E-state index in [4.69, 9.17) is 0 Å². The number of benzene rings is 3. The van der Waals surface area contributed by atoms with Crippen LogP contribution in [0, 0.1) is 0 Å². The first-order valence-corrected chi connectivity index (χ1v) is 11.0. The average molecular weight is 473 g/mol. The molecule has 0 aliphatic carbocycles. The van der Waals surface area contributed by atoms with Crippen LogP contribution in [0.2, 0.25) is 0 Å². The van der Waals surface area contributed by atoms with Crippen LogP contribution in [0.3, 0.4) is 0 Å². The molecular weight excluding hydrogens is 459 g/mol. The van der Waals surface area contributed by atoms with E-state index >= 15 is 0 Å². The van der Waals surface area contributed by atoms with Crippen molar-refractivity contribution >= 4 is 38.1 Å². The van der Waals surface area contributed by atoms with E-state index in [0.29, 0.717) is 16.5 Å². The molecule has 4 aromatic rings. The lowest BCUT2D eigenvalue weighted by Gasteiger charge is -2.19. The smallest absolute Gasteiger partial charge is 0.323 e. The number of alkyl halides is 3. The summed E-state index contributed by atoms with van der Waals surface area (Å²) in [6.07, 6.45) is -2.19. The third-order valence-corrected chi connectivity index (χ3v) is 7.03. The van der Waals surface area contributed by atoms with Crippen LogP contribution in [0.5, 0.6) is 0 Å². The van der Waals surface area contributed by atoms with Crippen molar-refractivity contribution in [1.82, 2.24) is 14.8 Å². The number of hydrogen-bond donors (Lipinski definition) is 1. The molecule has 2 heterocycles. The molecule has 0 saturated heterocycles. The van der Waals surface area contributed by atoms with Crippen LogP contribution >= 0.6 is 0 Å². The summed E-state index contributed by atoms with van der Waals surface area (Å²) in [4.78, 5) is 16.7. The van der Waals surface area contributed by atoms with Crippen LogP contribution in [0.25, 0.3) is 16.5 Å². The van der Waals surface area contributed by atoms with Crippen molar-refractivity contribution in [3.63, 3.8) is 0 Å². The van der Waals surface area contributed by atoms with E-state index in [1.165, 1.54) is 23.4 Å². The molecule has 1 amide bonds. The Bertz CT molecular complexity index is 1500. The second-order valence-corrected chi connectivity index (χ2v) is 9.09. The van der Waals surface area contributed by atoms with Crippen LogP contribution in [0.4, 0.5) is 24.5 Å². The SMILES string of the molecule is O=C(CN1c2cccc3cccc(c23)S1(=O)=O)Nc1cc(C(F)(F)F)ccc1-n1cncn1. The standard InChI is InChI=1S/C21H14F3N5O3S/c22-21(23,24)14-7-8-16(28-12-25-11-26-28)15(9-14)27-19(30)10-29-17-5-1-3-13-4-2-6-18(20(13)17)33(29,31)32/h1-9,11-12H,10H2,(H,27,30). The fraction of sp³-hybridized carbons (Fsp3) is 0.0952. The monoisotopic (exact) mass is 473 g/mol. The number of amides is 1. The van der Waals surface area contributed by atoms with Crippen molar-refractivity contribution in [2.75, 3.05) is 16.2 Å². The molecule has 0 fully saturated rings. The maximum atomic E-state index is 13.3. The maximum Gasteiger partial charge on any atom is 0.416 e. The van der Waals surface area contributed by atoms with E-state index in [1.807, 2.05) is 0 Å². The Morgan fingerprint density at radius 2 is 1.79 bits per heavy atom. The zero-order valence-corrected chi connectivity index (χ0v) is 17.4. The lowest BCUT2D eigenvalue weighted by atomic mass is 10.1. The van der Waals surface area contributed by atoms with Crippen molar-refractivity contribution in [3.05, 3.63) is 72.8 Å². The molecule has 0 atom stereocenters. The number of nitrogens with zero attached hydrogens (tertiary/aromatic N) is 4. The van der Waals surface area contributed by atoms with E-state index in [2.05, 4.69) is 15.4 Å². The Morgan fingerprint density at radius 1 is 1.03 bits per heavy atom. The van der Waals surface area contributed by atoms with Crippen LogP contribution in [-0.4, -0.2) is 35.6 Å². The average Bonchev–Trinajstić information content (AvgIpc) is 3.36. The van der Waals surface area contributed by atoms with E-state index < -0.39 is 34.2 Å². The van der Waals surface area contributed by atoms with Gasteiger partial charge < -0.3 is 5.32 Å². The molecule has 168 valence electrons. The highest BCUT2D eigenvalue weighted by molar-refractivity contribution is 7.93. The van der Waals surface area contributed by atoms with Gasteiger partial charge in [0.1, 0.15) is 19.2 Å². The highest BCUT2D eigenvalue weighted by Crippen LogP contribution is 2.42. The summed E-state index contributed by atoms with van der Waals surface area (Å²) in [6.45, 7) is -0.622. The molecule has 0 spiro atoms. The molecule has 0 unspecified atom stereocenters. The number of rotatable bonds is 4. The predicted octanol–water partition coefficient (Wildman–Crippen LogP) is 3.59. The molecule has 1 aliphatic rings. The summed E-state index contributed by atoms with van der Waals surface area (Å²) in [5, 5.41) is 7.49. The molecular formula is C21H14F3N5O3S. The number of hydrogen-bond acceptors (Lipinski definition) is 5. The second-order valence-electron chi connectivity index (χ2n) is 7.26. The zero-order chi connectivity index (χ0) is 23.4. The van der Waals surface area contributed by atoms with Crippen molar-refractivity contribution < 1.29 is 26.4 Å². The van der Waals surface area contributed by atoms with Gasteiger partial charge in [0.25, 0.3) is 10.0 Å². The molecule has 3 aromatic carbocycles. The van der Waals surface area contributed by atoms with Crippen molar-refractivity contribution in [2.24, 2.45) is 0 Å². The van der Waals surface area contributed by atoms with Gasteiger partial charge >= 0.3 is 6.18 Å². The third-order valence-electron chi connectivity index (χ3n) is 5.23. The van der Waals surface area contributed by atoms with Crippen molar-refractivity contribution in [2.45, 2.75) is 11.1 Å². The minimum Gasteiger partial charge on any atom is -0.323 e. The normalized spacial score (nSPS) is 14.6. The largest absolute Gasteiger partial charge is 0.416 e. The molecule has 12 heteroatoms. The highest BCUT2D eigenvalue weighted by Gasteiger charge is 2.37. The summed E-state index contributed by atoms with van der Waals surface area (Å²) in [6, 6.07) is 12.6. The molecule has 1 aliphatic heterocycles. The number of carbonyl (C=O) groups is 1. The fourth-order valence-electron chi connectivity index (χ4n) is 3.79. The molecule has 8 nitrogen and oxygen atoms in total. The Balaban J connectivity index is 1.50. The molecule has 0 radical (unpaired) electrons. The van der Waals surface area contributed by atoms with Gasteiger partial charge in [0, 0.05) is 5.39 Å². The number of halogens is 3. The molecule has 0 saturated carbocycles. The minimum absolute atomic E-state index is 0.0748. The van der Waals surface area contributed by atoms with Gasteiger partial charge in [-0.15, -0.1) is 0 Å². The number of carbonyl (C=O) groups excluding carboxylic acids is 1. The van der Waals surface area contributed by atoms with Gasteiger partial charge in [-0.1, -0.05) is 24.3 Å². The number of anilines is 2. The van der Waals surface area contributed by atoms with Crippen LogP contribution < -0.4 is 9.62 Å². The first-order valence-electron chi connectivity index (χ1n) is 9.57. The Morgan fingerprint density at radius 3 is 2.48 bits per heavy atom. The quantitative estimate of drug-likeness (QED) is 0.489.